The van der Waals surface area contributed by atoms with Crippen LogP contribution in [0.3, 0.4) is 0 Å². The molecule has 3 heteroatoms. The number of nitrogens with zero attached hydrogens (tertiary/aromatic N) is 1. The lowest BCUT2D eigenvalue weighted by Crippen LogP contribution is -2.09. The van der Waals surface area contributed by atoms with E-state index < -0.39 is 0 Å². The smallest absolute Gasteiger partial charge is 0.148 e. The standard InChI is InChI=1S/C11H13Cl2N/c1-2-7-8-5-3-4-6-9(8)14-11(13)10(7)12/h2-6H2,1H3. The van der Waals surface area contributed by atoms with Crippen molar-refractivity contribution in [1.82, 2.24) is 4.98 Å². The van der Waals surface area contributed by atoms with Crippen molar-refractivity contribution in [2.24, 2.45) is 0 Å². The first kappa shape index (κ1) is 10.3. The van der Waals surface area contributed by atoms with Crippen molar-refractivity contribution in [3.8, 4) is 0 Å². The van der Waals surface area contributed by atoms with Crippen LogP contribution in [0.25, 0.3) is 0 Å². The molecular formula is C11H13Cl2N. The number of rotatable bonds is 1. The van der Waals surface area contributed by atoms with Crippen LogP contribution in [0.5, 0.6) is 0 Å². The van der Waals surface area contributed by atoms with Gasteiger partial charge < -0.3 is 0 Å². The Bertz CT molecular complexity index is 361. The fraction of sp³-hybridized carbons (Fsp3) is 0.545. The van der Waals surface area contributed by atoms with Gasteiger partial charge in [-0.2, -0.15) is 0 Å². The molecule has 0 aromatic carbocycles. The maximum absolute atomic E-state index is 6.14. The molecule has 0 bridgehead atoms. The van der Waals surface area contributed by atoms with E-state index in [1.807, 2.05) is 0 Å². The first-order chi connectivity index (χ1) is 6.74. The topological polar surface area (TPSA) is 12.9 Å². The van der Waals surface area contributed by atoms with Crippen molar-refractivity contribution in [1.29, 1.82) is 0 Å². The highest BCUT2D eigenvalue weighted by Gasteiger charge is 2.18. The van der Waals surface area contributed by atoms with E-state index in [1.165, 1.54) is 29.7 Å². The predicted molar refractivity (Wildman–Crippen MR) is 60.3 cm³/mol. The van der Waals surface area contributed by atoms with Crippen LogP contribution in [0.1, 0.15) is 36.6 Å². The van der Waals surface area contributed by atoms with Crippen LogP contribution in [0, 0.1) is 0 Å². The summed E-state index contributed by atoms with van der Waals surface area (Å²) in [5.41, 5.74) is 3.73. The highest BCUT2D eigenvalue weighted by molar-refractivity contribution is 6.41. The summed E-state index contributed by atoms with van der Waals surface area (Å²) in [5.74, 6) is 0. The lowest BCUT2D eigenvalue weighted by molar-refractivity contribution is 0.661. The van der Waals surface area contributed by atoms with E-state index in [1.54, 1.807) is 0 Å². The second kappa shape index (κ2) is 4.08. The Labute approximate surface area is 94.4 Å². The van der Waals surface area contributed by atoms with Gasteiger partial charge in [-0.15, -0.1) is 0 Å². The SMILES string of the molecule is CCc1c(Cl)c(Cl)nc2c1CCCC2. The van der Waals surface area contributed by atoms with Gasteiger partial charge in [-0.1, -0.05) is 30.1 Å². The van der Waals surface area contributed by atoms with Crippen molar-refractivity contribution >= 4 is 23.2 Å². The molecule has 0 fully saturated rings. The highest BCUT2D eigenvalue weighted by atomic mass is 35.5. The summed E-state index contributed by atoms with van der Waals surface area (Å²) in [4.78, 5) is 4.36. The molecule has 0 aliphatic heterocycles. The molecule has 0 radical (unpaired) electrons. The van der Waals surface area contributed by atoms with Crippen molar-refractivity contribution in [3.63, 3.8) is 0 Å². The molecule has 0 atom stereocenters. The summed E-state index contributed by atoms with van der Waals surface area (Å²) >= 11 is 12.1. The average Bonchev–Trinajstić information content (AvgIpc) is 2.20. The number of fused-ring (bicyclic) bond motifs is 1. The average molecular weight is 230 g/mol. The maximum Gasteiger partial charge on any atom is 0.148 e. The zero-order valence-corrected chi connectivity index (χ0v) is 9.75. The molecule has 0 spiro atoms. The van der Waals surface area contributed by atoms with Crippen LogP contribution in [0.15, 0.2) is 0 Å². The van der Waals surface area contributed by atoms with E-state index in [-0.39, 0.29) is 0 Å². The van der Waals surface area contributed by atoms with E-state index in [2.05, 4.69) is 11.9 Å². The summed E-state index contributed by atoms with van der Waals surface area (Å²) in [7, 11) is 0. The second-order valence-corrected chi connectivity index (χ2v) is 4.42. The quantitative estimate of drug-likeness (QED) is 0.668. The Morgan fingerprint density at radius 3 is 2.64 bits per heavy atom. The van der Waals surface area contributed by atoms with Gasteiger partial charge in [0.25, 0.3) is 0 Å². The fourth-order valence-electron chi connectivity index (χ4n) is 2.13. The van der Waals surface area contributed by atoms with E-state index in [0.717, 1.165) is 19.3 Å². The van der Waals surface area contributed by atoms with E-state index >= 15 is 0 Å². The Kier molecular flexibility index (Phi) is 2.99. The molecule has 0 saturated heterocycles. The molecule has 76 valence electrons. The van der Waals surface area contributed by atoms with Gasteiger partial charge in [0, 0.05) is 5.69 Å². The van der Waals surface area contributed by atoms with Crippen LogP contribution in [0.4, 0.5) is 0 Å². The van der Waals surface area contributed by atoms with Crippen LogP contribution < -0.4 is 0 Å². The van der Waals surface area contributed by atoms with Crippen LogP contribution >= 0.6 is 23.2 Å². The maximum atomic E-state index is 6.14. The molecule has 1 heterocycles. The lowest BCUT2D eigenvalue weighted by atomic mass is 9.91. The Balaban J connectivity index is 2.60. The first-order valence-corrected chi connectivity index (χ1v) is 5.85. The molecule has 1 aromatic rings. The minimum Gasteiger partial charge on any atom is -0.239 e. The van der Waals surface area contributed by atoms with Gasteiger partial charge >= 0.3 is 0 Å². The summed E-state index contributed by atoms with van der Waals surface area (Å²) in [6, 6.07) is 0. The molecule has 1 aliphatic carbocycles. The third-order valence-corrected chi connectivity index (χ3v) is 3.61. The molecule has 1 aromatic heterocycles. The third kappa shape index (κ3) is 1.64. The van der Waals surface area contributed by atoms with Crippen LogP contribution in [0.2, 0.25) is 10.2 Å². The highest BCUT2D eigenvalue weighted by Crippen LogP contribution is 2.32. The zero-order chi connectivity index (χ0) is 10.1. The van der Waals surface area contributed by atoms with Crippen molar-refractivity contribution < 1.29 is 0 Å². The minimum atomic E-state index is 0.476. The first-order valence-electron chi connectivity index (χ1n) is 5.09. The van der Waals surface area contributed by atoms with Crippen LogP contribution in [-0.2, 0) is 19.3 Å². The molecule has 0 amide bonds. The monoisotopic (exact) mass is 229 g/mol. The van der Waals surface area contributed by atoms with Gasteiger partial charge in [0.1, 0.15) is 5.15 Å². The van der Waals surface area contributed by atoms with Crippen molar-refractivity contribution in [2.75, 3.05) is 0 Å². The molecule has 2 rings (SSSR count). The number of pyridine rings is 1. The largest absolute Gasteiger partial charge is 0.239 e. The Hall–Kier alpha value is -0.270. The molecule has 0 unspecified atom stereocenters. The molecule has 0 N–H and O–H groups in total. The lowest BCUT2D eigenvalue weighted by Gasteiger charge is -2.19. The molecule has 14 heavy (non-hydrogen) atoms. The second-order valence-electron chi connectivity index (χ2n) is 3.68. The van der Waals surface area contributed by atoms with Gasteiger partial charge in [0.2, 0.25) is 0 Å². The van der Waals surface area contributed by atoms with Crippen LogP contribution in [-0.4, -0.2) is 4.98 Å². The minimum absolute atomic E-state index is 0.476. The number of halogens is 2. The summed E-state index contributed by atoms with van der Waals surface area (Å²) < 4.78 is 0. The van der Waals surface area contributed by atoms with E-state index in [4.69, 9.17) is 23.2 Å². The molecular weight excluding hydrogens is 217 g/mol. The number of aryl methyl sites for hydroxylation is 1. The molecule has 0 saturated carbocycles. The predicted octanol–water partition coefficient (Wildman–Crippen LogP) is 3.83. The van der Waals surface area contributed by atoms with Gasteiger partial charge in [-0.25, -0.2) is 4.98 Å². The van der Waals surface area contributed by atoms with Gasteiger partial charge in [0.15, 0.2) is 0 Å². The Morgan fingerprint density at radius 1 is 1.21 bits per heavy atom. The fourth-order valence-corrected chi connectivity index (χ4v) is 2.64. The number of hydrogen-bond donors (Lipinski definition) is 0. The van der Waals surface area contributed by atoms with E-state index in [0.29, 0.717) is 10.2 Å². The van der Waals surface area contributed by atoms with Gasteiger partial charge in [-0.3, -0.25) is 0 Å². The normalized spacial score (nSPS) is 15.4. The zero-order valence-electron chi connectivity index (χ0n) is 8.24. The summed E-state index contributed by atoms with van der Waals surface area (Å²) in [5, 5.41) is 1.14. The van der Waals surface area contributed by atoms with Crippen molar-refractivity contribution in [2.45, 2.75) is 39.0 Å². The number of hydrogen-bond acceptors (Lipinski definition) is 1. The molecule has 1 nitrogen and oxygen atoms in total. The summed E-state index contributed by atoms with van der Waals surface area (Å²) in [6.45, 7) is 2.12. The molecule has 1 aliphatic rings. The Morgan fingerprint density at radius 2 is 1.93 bits per heavy atom. The third-order valence-electron chi connectivity index (χ3n) is 2.84. The van der Waals surface area contributed by atoms with E-state index in [9.17, 15) is 0 Å². The van der Waals surface area contributed by atoms with Gasteiger partial charge in [-0.05, 0) is 43.2 Å². The summed E-state index contributed by atoms with van der Waals surface area (Å²) in [6.07, 6.45) is 5.59. The van der Waals surface area contributed by atoms with Gasteiger partial charge in [0.05, 0.1) is 5.02 Å². The van der Waals surface area contributed by atoms with Crippen molar-refractivity contribution in [3.05, 3.63) is 27.0 Å². The number of aromatic nitrogens is 1.